The second-order valence-corrected chi connectivity index (χ2v) is 5.15. The summed E-state index contributed by atoms with van der Waals surface area (Å²) in [5.74, 6) is 1.56. The van der Waals surface area contributed by atoms with E-state index in [4.69, 9.17) is 6.42 Å². The molecule has 19 heavy (non-hydrogen) atoms. The van der Waals surface area contributed by atoms with E-state index in [1.54, 1.807) is 6.92 Å². The molecule has 0 saturated carbocycles. The third-order valence-electron chi connectivity index (χ3n) is 3.67. The van der Waals surface area contributed by atoms with Crippen molar-refractivity contribution in [1.82, 2.24) is 10.2 Å². The van der Waals surface area contributed by atoms with Crippen LogP contribution in [0, 0.1) is 12.3 Å². The highest BCUT2D eigenvalue weighted by Gasteiger charge is 2.44. The molecule has 5 nitrogen and oxygen atoms in total. The summed E-state index contributed by atoms with van der Waals surface area (Å²) in [6.07, 6.45) is 9.05. The lowest BCUT2D eigenvalue weighted by atomic mass is 9.89. The van der Waals surface area contributed by atoms with Crippen molar-refractivity contribution in [3.8, 4) is 12.3 Å². The van der Waals surface area contributed by atoms with Crippen molar-refractivity contribution in [3.05, 3.63) is 0 Å². The van der Waals surface area contributed by atoms with Gasteiger partial charge in [-0.15, -0.1) is 6.42 Å². The van der Waals surface area contributed by atoms with E-state index in [0.717, 1.165) is 19.3 Å². The fourth-order valence-corrected chi connectivity index (χ4v) is 2.38. The molecule has 0 spiro atoms. The molecule has 0 radical (unpaired) electrons. The fourth-order valence-electron chi connectivity index (χ4n) is 2.38. The number of likely N-dealkylation sites (tertiary alicyclic amines) is 1. The van der Waals surface area contributed by atoms with Crippen molar-refractivity contribution >= 4 is 12.0 Å². The Labute approximate surface area is 114 Å². The Morgan fingerprint density at radius 2 is 2.21 bits per heavy atom. The van der Waals surface area contributed by atoms with Crippen LogP contribution in [0.3, 0.4) is 0 Å². The normalized spacial score (nSPS) is 24.4. The first kappa shape index (κ1) is 15.4. The lowest BCUT2D eigenvalue weighted by Gasteiger charge is -2.41. The van der Waals surface area contributed by atoms with Crippen LogP contribution < -0.4 is 5.32 Å². The number of hydrogen-bond acceptors (Lipinski definition) is 2. The number of nitrogens with one attached hydrogen (secondary N) is 1. The number of carbonyl (C=O) groups excluding carboxylic acids is 1. The Bertz CT molecular complexity index is 389. The predicted molar refractivity (Wildman–Crippen MR) is 72.7 cm³/mol. The van der Waals surface area contributed by atoms with Gasteiger partial charge in [-0.25, -0.2) is 9.59 Å². The Kier molecular flexibility index (Phi) is 5.22. The van der Waals surface area contributed by atoms with Crippen molar-refractivity contribution in [3.63, 3.8) is 0 Å². The third kappa shape index (κ3) is 3.40. The maximum Gasteiger partial charge on any atom is 0.329 e. The smallest absolute Gasteiger partial charge is 0.329 e. The van der Waals surface area contributed by atoms with Crippen LogP contribution in [0.25, 0.3) is 0 Å². The average molecular weight is 266 g/mol. The number of amides is 2. The Morgan fingerprint density at radius 1 is 1.53 bits per heavy atom. The van der Waals surface area contributed by atoms with Crippen LogP contribution in [0.15, 0.2) is 0 Å². The van der Waals surface area contributed by atoms with E-state index >= 15 is 0 Å². The maximum absolute atomic E-state index is 12.2. The summed E-state index contributed by atoms with van der Waals surface area (Å²) < 4.78 is 0. The summed E-state index contributed by atoms with van der Waals surface area (Å²) in [4.78, 5) is 25.0. The molecule has 0 aromatic carbocycles. The quantitative estimate of drug-likeness (QED) is 0.763. The number of aliphatic carboxylic acids is 1. The minimum absolute atomic E-state index is 0.336. The van der Waals surface area contributed by atoms with Crippen molar-refractivity contribution in [2.45, 2.75) is 57.5 Å². The molecular formula is C14H22N2O3. The van der Waals surface area contributed by atoms with Crippen LogP contribution in [0.5, 0.6) is 0 Å². The monoisotopic (exact) mass is 266 g/mol. The first-order chi connectivity index (χ1) is 8.95. The van der Waals surface area contributed by atoms with Crippen molar-refractivity contribution in [2.24, 2.45) is 0 Å². The molecule has 2 atom stereocenters. The van der Waals surface area contributed by atoms with Gasteiger partial charge in [0, 0.05) is 6.54 Å². The van der Waals surface area contributed by atoms with Crippen LogP contribution in [-0.2, 0) is 4.79 Å². The van der Waals surface area contributed by atoms with Gasteiger partial charge in [0.1, 0.15) is 5.54 Å². The predicted octanol–water partition coefficient (Wildman–Crippen LogP) is 1.83. The molecule has 1 rings (SSSR count). The lowest BCUT2D eigenvalue weighted by Crippen LogP contribution is -2.60. The van der Waals surface area contributed by atoms with E-state index in [1.165, 1.54) is 4.90 Å². The van der Waals surface area contributed by atoms with Gasteiger partial charge in [-0.3, -0.25) is 0 Å². The molecular weight excluding hydrogens is 244 g/mol. The van der Waals surface area contributed by atoms with Crippen LogP contribution in [0.4, 0.5) is 4.79 Å². The molecule has 1 aliphatic heterocycles. The van der Waals surface area contributed by atoms with Crippen LogP contribution >= 0.6 is 0 Å². The zero-order chi connectivity index (χ0) is 14.5. The molecule has 2 unspecified atom stereocenters. The van der Waals surface area contributed by atoms with E-state index in [0.29, 0.717) is 19.4 Å². The first-order valence-electron chi connectivity index (χ1n) is 6.73. The van der Waals surface area contributed by atoms with E-state index in [-0.39, 0.29) is 12.1 Å². The van der Waals surface area contributed by atoms with Crippen molar-refractivity contribution < 1.29 is 14.7 Å². The van der Waals surface area contributed by atoms with E-state index in [2.05, 4.69) is 11.2 Å². The number of hydrogen-bond donors (Lipinski definition) is 2. The van der Waals surface area contributed by atoms with Gasteiger partial charge < -0.3 is 15.3 Å². The van der Waals surface area contributed by atoms with Crippen LogP contribution in [-0.4, -0.2) is 40.1 Å². The van der Waals surface area contributed by atoms with Gasteiger partial charge in [0.05, 0.1) is 6.04 Å². The highest BCUT2D eigenvalue weighted by atomic mass is 16.4. The van der Waals surface area contributed by atoms with Crippen molar-refractivity contribution in [2.75, 3.05) is 6.54 Å². The number of carbonyl (C=O) groups is 2. The largest absolute Gasteiger partial charge is 0.480 e. The van der Waals surface area contributed by atoms with Crippen LogP contribution in [0.2, 0.25) is 0 Å². The minimum Gasteiger partial charge on any atom is -0.480 e. The molecule has 0 bridgehead atoms. The summed E-state index contributed by atoms with van der Waals surface area (Å²) in [6, 6.07) is -0.710. The lowest BCUT2D eigenvalue weighted by molar-refractivity contribution is -0.150. The van der Waals surface area contributed by atoms with E-state index in [1.807, 2.05) is 6.92 Å². The molecule has 0 aromatic heterocycles. The zero-order valence-electron chi connectivity index (χ0n) is 11.6. The molecule has 1 aliphatic rings. The van der Waals surface area contributed by atoms with Gasteiger partial charge in [0.25, 0.3) is 0 Å². The first-order valence-corrected chi connectivity index (χ1v) is 6.73. The summed E-state index contributed by atoms with van der Waals surface area (Å²) in [5.41, 5.74) is -1.13. The van der Waals surface area contributed by atoms with Gasteiger partial charge in [0.2, 0.25) is 0 Å². The number of carboxylic acid groups (broad SMARTS) is 1. The number of rotatable bonds is 4. The second-order valence-electron chi connectivity index (χ2n) is 5.15. The van der Waals surface area contributed by atoms with Crippen molar-refractivity contribution in [1.29, 1.82) is 0 Å². The topological polar surface area (TPSA) is 69.6 Å². The summed E-state index contributed by atoms with van der Waals surface area (Å²) in [6.45, 7) is 4.04. The number of piperidine rings is 1. The maximum atomic E-state index is 12.2. The second kappa shape index (κ2) is 6.46. The number of carboxylic acids is 1. The molecule has 1 saturated heterocycles. The molecule has 0 aliphatic carbocycles. The fraction of sp³-hybridized carbons (Fsp3) is 0.714. The molecule has 1 fully saturated rings. The summed E-state index contributed by atoms with van der Waals surface area (Å²) >= 11 is 0. The zero-order valence-corrected chi connectivity index (χ0v) is 11.6. The molecule has 106 valence electrons. The SMILES string of the molecule is C#CC(CCC)NC(=O)N1CCCCC1(C)C(=O)O. The van der Waals surface area contributed by atoms with E-state index in [9.17, 15) is 14.7 Å². The molecule has 5 heteroatoms. The van der Waals surface area contributed by atoms with Crippen LogP contribution in [0.1, 0.15) is 46.0 Å². The van der Waals surface area contributed by atoms with Gasteiger partial charge >= 0.3 is 12.0 Å². The highest BCUT2D eigenvalue weighted by molar-refractivity contribution is 5.86. The number of urea groups is 1. The Balaban J connectivity index is 2.78. The molecule has 2 amide bonds. The minimum atomic E-state index is -1.13. The third-order valence-corrected chi connectivity index (χ3v) is 3.67. The number of terminal acetylenes is 1. The van der Waals surface area contributed by atoms with E-state index < -0.39 is 11.5 Å². The Morgan fingerprint density at radius 3 is 2.74 bits per heavy atom. The molecule has 1 heterocycles. The molecule has 2 N–H and O–H groups in total. The molecule has 0 aromatic rings. The number of nitrogens with zero attached hydrogens (tertiary/aromatic N) is 1. The average Bonchev–Trinajstić information content (AvgIpc) is 2.38. The standard InChI is InChI=1S/C14H22N2O3/c1-4-8-11(5-2)15-13(19)16-10-7-6-9-14(16,3)12(17)18/h2,11H,4,6-10H2,1,3H3,(H,15,19)(H,17,18). The van der Waals surface area contributed by atoms with Gasteiger partial charge in [-0.2, -0.15) is 0 Å². The van der Waals surface area contributed by atoms with Gasteiger partial charge in [-0.1, -0.05) is 19.3 Å². The van der Waals surface area contributed by atoms with Gasteiger partial charge in [0.15, 0.2) is 0 Å². The summed E-state index contributed by atoms with van der Waals surface area (Å²) in [5, 5.41) is 12.1. The summed E-state index contributed by atoms with van der Waals surface area (Å²) in [7, 11) is 0. The van der Waals surface area contributed by atoms with Gasteiger partial charge in [-0.05, 0) is 32.6 Å². The Hall–Kier alpha value is -1.70. The highest BCUT2D eigenvalue weighted by Crippen LogP contribution is 2.28.